The molecule has 32 heavy (non-hydrogen) atoms. The van der Waals surface area contributed by atoms with E-state index < -0.39 is 35.5 Å². The zero-order chi connectivity index (χ0) is 22.8. The minimum atomic E-state index is -1.58. The lowest BCUT2D eigenvalue weighted by Gasteiger charge is -2.27. The number of benzene rings is 2. The molecule has 0 aromatic heterocycles. The van der Waals surface area contributed by atoms with Crippen LogP contribution < -0.4 is 19.5 Å². The number of halogens is 1. The maximum atomic E-state index is 13.2. The van der Waals surface area contributed by atoms with Gasteiger partial charge in [-0.3, -0.25) is 14.4 Å². The van der Waals surface area contributed by atoms with E-state index in [1.54, 1.807) is 18.2 Å². The summed E-state index contributed by atoms with van der Waals surface area (Å²) < 4.78 is 23.8. The van der Waals surface area contributed by atoms with Crippen LogP contribution in [0.15, 0.2) is 54.6 Å². The molecule has 0 radical (unpaired) electrons. The topological polar surface area (TPSA) is 116 Å². The van der Waals surface area contributed by atoms with Crippen LogP contribution >= 0.6 is 0 Å². The Labute approximate surface area is 181 Å². The molecule has 2 aliphatic heterocycles. The van der Waals surface area contributed by atoms with Gasteiger partial charge in [-0.25, -0.2) is 9.29 Å². The van der Waals surface area contributed by atoms with Crippen LogP contribution in [0.1, 0.15) is 12.0 Å². The van der Waals surface area contributed by atoms with Gasteiger partial charge in [0.05, 0.1) is 18.1 Å². The Bertz CT molecular complexity index is 1130. The largest absolute Gasteiger partial charge is 0.545 e. The number of hydrogen-bond donors (Lipinski definition) is 0. The molecule has 2 aromatic rings. The highest BCUT2D eigenvalue weighted by atomic mass is 19.1. The van der Waals surface area contributed by atoms with Crippen molar-refractivity contribution in [2.75, 3.05) is 11.7 Å². The second-order valence-corrected chi connectivity index (χ2v) is 7.07. The fourth-order valence-corrected chi connectivity index (χ4v) is 3.53. The van der Waals surface area contributed by atoms with Gasteiger partial charge in [0.1, 0.15) is 11.9 Å². The van der Waals surface area contributed by atoms with Gasteiger partial charge in [-0.2, -0.15) is 0 Å². The van der Waals surface area contributed by atoms with E-state index in [0.29, 0.717) is 23.1 Å². The molecule has 9 nitrogen and oxygen atoms in total. The third-order valence-electron chi connectivity index (χ3n) is 5.02. The highest BCUT2D eigenvalue weighted by Gasteiger charge is 2.44. The van der Waals surface area contributed by atoms with Crippen molar-refractivity contribution in [3.8, 4) is 11.5 Å². The van der Waals surface area contributed by atoms with E-state index in [9.17, 15) is 28.7 Å². The second-order valence-electron chi connectivity index (χ2n) is 7.07. The normalized spacial score (nSPS) is 17.3. The van der Waals surface area contributed by atoms with Crippen molar-refractivity contribution < 1.29 is 38.1 Å². The van der Waals surface area contributed by atoms with Crippen molar-refractivity contribution in [2.24, 2.45) is 0 Å². The zero-order valence-corrected chi connectivity index (χ0v) is 16.5. The number of carbonyl (C=O) groups excluding carboxylic acids is 4. The number of rotatable bonds is 6. The van der Waals surface area contributed by atoms with Crippen molar-refractivity contribution in [3.63, 3.8) is 0 Å². The van der Waals surface area contributed by atoms with Gasteiger partial charge in [0, 0.05) is 12.6 Å². The van der Waals surface area contributed by atoms with E-state index in [2.05, 4.69) is 0 Å². The van der Waals surface area contributed by atoms with Crippen molar-refractivity contribution in [3.05, 3.63) is 66.0 Å². The minimum absolute atomic E-state index is 0.0536. The second kappa shape index (κ2) is 8.50. The maximum Gasteiger partial charge on any atom is 0.257 e. The molecule has 1 fully saturated rings. The first-order valence-electron chi connectivity index (χ1n) is 9.54. The lowest BCUT2D eigenvalue weighted by molar-refractivity contribution is -0.297. The molecule has 0 saturated carbocycles. The Morgan fingerprint density at radius 1 is 1.09 bits per heavy atom. The first-order valence-corrected chi connectivity index (χ1v) is 9.54. The molecular formula is C22H16FN2O7-. The molecule has 0 spiro atoms. The molecule has 164 valence electrons. The Hall–Kier alpha value is -4.21. The average Bonchev–Trinajstić information content (AvgIpc) is 3.34. The summed E-state index contributed by atoms with van der Waals surface area (Å²) in [6.45, 7) is -0.0498. The number of fused-ring (bicyclic) bond motifs is 1. The van der Waals surface area contributed by atoms with Gasteiger partial charge < -0.3 is 24.3 Å². The molecule has 1 atom stereocenters. The summed E-state index contributed by atoms with van der Waals surface area (Å²) in [5.41, 5.74) is 0.745. The van der Waals surface area contributed by atoms with E-state index in [1.807, 2.05) is 0 Å². The zero-order valence-electron chi connectivity index (χ0n) is 16.5. The minimum Gasteiger partial charge on any atom is -0.545 e. The van der Waals surface area contributed by atoms with Gasteiger partial charge in [-0.1, -0.05) is 6.07 Å². The van der Waals surface area contributed by atoms with Gasteiger partial charge in [-0.05, 0) is 48.0 Å². The van der Waals surface area contributed by atoms with Crippen molar-refractivity contribution in [2.45, 2.75) is 19.0 Å². The number of aliphatic carboxylic acids is 1. The predicted molar refractivity (Wildman–Crippen MR) is 105 cm³/mol. The maximum absolute atomic E-state index is 13.2. The van der Waals surface area contributed by atoms with E-state index in [4.69, 9.17) is 9.47 Å². The number of amides is 3. The average molecular weight is 439 g/mol. The third kappa shape index (κ3) is 4.15. The molecule has 3 amide bonds. The van der Waals surface area contributed by atoms with Crippen LogP contribution in [0.4, 0.5) is 10.1 Å². The Morgan fingerprint density at radius 3 is 2.53 bits per heavy atom. The highest BCUT2D eigenvalue weighted by Crippen LogP contribution is 2.34. The van der Waals surface area contributed by atoms with Crippen LogP contribution in [0.2, 0.25) is 0 Å². The summed E-state index contributed by atoms with van der Waals surface area (Å²) in [6.07, 6.45) is 1.00. The molecule has 0 aliphatic carbocycles. The Balaban J connectivity index is 1.64. The lowest BCUT2D eigenvalue weighted by Crippen LogP contribution is -2.44. The number of ether oxygens (including phenoxy) is 2. The molecule has 0 bridgehead atoms. The van der Waals surface area contributed by atoms with Gasteiger partial charge >= 0.3 is 0 Å². The van der Waals surface area contributed by atoms with Crippen molar-refractivity contribution in [1.29, 1.82) is 0 Å². The summed E-state index contributed by atoms with van der Waals surface area (Å²) in [7, 11) is 0. The van der Waals surface area contributed by atoms with Crippen molar-refractivity contribution >= 4 is 29.4 Å². The molecule has 4 rings (SSSR count). The van der Waals surface area contributed by atoms with Crippen LogP contribution in [0.5, 0.6) is 11.5 Å². The fraction of sp³-hybridized carbons (Fsp3) is 0.182. The van der Waals surface area contributed by atoms with E-state index >= 15 is 0 Å². The Morgan fingerprint density at radius 2 is 1.81 bits per heavy atom. The first-order chi connectivity index (χ1) is 15.3. The third-order valence-corrected chi connectivity index (χ3v) is 5.02. The number of hydrogen-bond acceptors (Lipinski definition) is 7. The molecule has 1 saturated heterocycles. The van der Waals surface area contributed by atoms with Gasteiger partial charge in [0.15, 0.2) is 11.5 Å². The predicted octanol–water partition coefficient (Wildman–Crippen LogP) is 0.521. The number of imide groups is 1. The van der Waals surface area contributed by atoms with E-state index in [1.165, 1.54) is 12.1 Å². The highest BCUT2D eigenvalue weighted by molar-refractivity contribution is 6.23. The van der Waals surface area contributed by atoms with Crippen LogP contribution in [-0.2, 0) is 25.7 Å². The summed E-state index contributed by atoms with van der Waals surface area (Å²) in [4.78, 5) is 51.2. The van der Waals surface area contributed by atoms with Crippen LogP contribution in [-0.4, -0.2) is 41.4 Å². The molecule has 2 aliphatic rings. The molecule has 0 N–H and O–H groups in total. The quantitative estimate of drug-likeness (QED) is 0.476. The molecule has 2 heterocycles. The standard InChI is InChI=1S/C22H17FN2O7/c23-14-2-4-15(5-3-14)25-20(27)10-16(22(25)30)24(19(26)7-8-21(28)29)11-13-1-6-17-18(9-13)32-12-31-17/h1-9,16H,10-12H2,(H,28,29)/p-1/b8-7+/t16-/m0/s1. The van der Waals surface area contributed by atoms with E-state index in [-0.39, 0.29) is 25.4 Å². The molecule has 0 unspecified atom stereocenters. The van der Waals surface area contributed by atoms with Crippen LogP contribution in [0.3, 0.4) is 0 Å². The fourth-order valence-electron chi connectivity index (χ4n) is 3.53. The number of anilines is 1. The SMILES string of the molecule is O=C([O-])/C=C/C(=O)N(Cc1ccc2c(c1)OCO2)[C@H]1CC(=O)N(c2ccc(F)cc2)C1=O. The lowest BCUT2D eigenvalue weighted by atomic mass is 10.1. The van der Waals surface area contributed by atoms with Gasteiger partial charge in [0.25, 0.3) is 5.91 Å². The number of carboxylic acid groups (broad SMARTS) is 1. The summed E-state index contributed by atoms with van der Waals surface area (Å²) in [6, 6.07) is 8.55. The smallest absolute Gasteiger partial charge is 0.257 e. The monoisotopic (exact) mass is 439 g/mol. The first kappa shape index (κ1) is 21.0. The van der Waals surface area contributed by atoms with Crippen LogP contribution in [0.25, 0.3) is 0 Å². The molecule has 2 aromatic carbocycles. The van der Waals surface area contributed by atoms with Gasteiger partial charge in [-0.15, -0.1) is 0 Å². The van der Waals surface area contributed by atoms with Gasteiger partial charge in [0.2, 0.25) is 18.6 Å². The number of nitrogens with zero attached hydrogens (tertiary/aromatic N) is 2. The Kier molecular flexibility index (Phi) is 5.59. The number of carbonyl (C=O) groups is 4. The summed E-state index contributed by atoms with van der Waals surface area (Å²) in [5.74, 6) is -3.17. The van der Waals surface area contributed by atoms with Crippen LogP contribution in [0, 0.1) is 5.82 Å². The van der Waals surface area contributed by atoms with E-state index in [0.717, 1.165) is 28.0 Å². The summed E-state index contributed by atoms with van der Waals surface area (Å²) in [5, 5.41) is 10.8. The molecular weight excluding hydrogens is 423 g/mol. The molecule has 10 heteroatoms. The summed E-state index contributed by atoms with van der Waals surface area (Å²) >= 11 is 0. The number of carboxylic acids is 1. The van der Waals surface area contributed by atoms with Crippen molar-refractivity contribution in [1.82, 2.24) is 4.90 Å².